The van der Waals surface area contributed by atoms with Crippen LogP contribution in [0, 0.1) is 5.92 Å². The van der Waals surface area contributed by atoms with Crippen molar-refractivity contribution in [2.24, 2.45) is 5.92 Å². The SMILES string of the molecule is CCC(CC)C1NCCO1. The summed E-state index contributed by atoms with van der Waals surface area (Å²) in [6.07, 6.45) is 2.78. The molecule has 1 saturated heterocycles. The summed E-state index contributed by atoms with van der Waals surface area (Å²) in [5.74, 6) is 0.711. The van der Waals surface area contributed by atoms with E-state index in [2.05, 4.69) is 19.2 Å². The summed E-state index contributed by atoms with van der Waals surface area (Å²) < 4.78 is 5.49. The summed E-state index contributed by atoms with van der Waals surface area (Å²) >= 11 is 0. The number of hydrogen-bond acceptors (Lipinski definition) is 2. The van der Waals surface area contributed by atoms with Gasteiger partial charge in [0.25, 0.3) is 0 Å². The lowest BCUT2D eigenvalue weighted by Crippen LogP contribution is -2.30. The maximum absolute atomic E-state index is 5.49. The van der Waals surface area contributed by atoms with E-state index in [-0.39, 0.29) is 0 Å². The Morgan fingerprint density at radius 3 is 2.60 bits per heavy atom. The molecule has 0 aromatic rings. The minimum Gasteiger partial charge on any atom is -0.362 e. The third-order valence-corrected chi connectivity index (χ3v) is 2.22. The van der Waals surface area contributed by atoms with Crippen LogP contribution in [0.4, 0.5) is 0 Å². The molecule has 1 unspecified atom stereocenters. The number of rotatable bonds is 3. The first-order chi connectivity index (χ1) is 4.88. The van der Waals surface area contributed by atoms with Crippen molar-refractivity contribution in [1.82, 2.24) is 5.32 Å². The van der Waals surface area contributed by atoms with Crippen LogP contribution < -0.4 is 5.32 Å². The highest BCUT2D eigenvalue weighted by atomic mass is 16.5. The Bertz CT molecular complexity index is 85.3. The Labute approximate surface area is 63.0 Å². The molecule has 2 heteroatoms. The van der Waals surface area contributed by atoms with Crippen molar-refractivity contribution < 1.29 is 4.74 Å². The van der Waals surface area contributed by atoms with E-state index in [1.54, 1.807) is 0 Å². The first-order valence-corrected chi connectivity index (χ1v) is 4.23. The maximum atomic E-state index is 5.49. The summed E-state index contributed by atoms with van der Waals surface area (Å²) in [6.45, 7) is 6.36. The number of nitrogens with one attached hydrogen (secondary N) is 1. The fourth-order valence-corrected chi connectivity index (χ4v) is 1.47. The molecule has 0 aliphatic carbocycles. The zero-order valence-electron chi connectivity index (χ0n) is 6.89. The molecule has 1 heterocycles. The molecule has 1 atom stereocenters. The van der Waals surface area contributed by atoms with E-state index in [1.807, 2.05) is 0 Å². The lowest BCUT2D eigenvalue weighted by molar-refractivity contribution is 0.0488. The zero-order valence-corrected chi connectivity index (χ0v) is 6.89. The Morgan fingerprint density at radius 1 is 1.50 bits per heavy atom. The smallest absolute Gasteiger partial charge is 0.111 e. The van der Waals surface area contributed by atoms with Gasteiger partial charge in [0.05, 0.1) is 6.61 Å². The van der Waals surface area contributed by atoms with Crippen molar-refractivity contribution >= 4 is 0 Å². The molecule has 10 heavy (non-hydrogen) atoms. The van der Waals surface area contributed by atoms with Gasteiger partial charge in [-0.15, -0.1) is 0 Å². The van der Waals surface area contributed by atoms with E-state index >= 15 is 0 Å². The van der Waals surface area contributed by atoms with Gasteiger partial charge in [-0.25, -0.2) is 0 Å². The number of ether oxygens (including phenoxy) is 1. The summed E-state index contributed by atoms with van der Waals surface area (Å²) in [6, 6.07) is 0. The van der Waals surface area contributed by atoms with Gasteiger partial charge >= 0.3 is 0 Å². The van der Waals surface area contributed by atoms with Crippen LogP contribution in [0.3, 0.4) is 0 Å². The second-order valence-corrected chi connectivity index (χ2v) is 2.82. The molecule has 0 aromatic carbocycles. The first kappa shape index (κ1) is 8.02. The third-order valence-electron chi connectivity index (χ3n) is 2.22. The summed E-state index contributed by atoms with van der Waals surface area (Å²) in [7, 11) is 0. The largest absolute Gasteiger partial charge is 0.362 e. The highest BCUT2D eigenvalue weighted by Crippen LogP contribution is 2.16. The van der Waals surface area contributed by atoms with E-state index in [0.29, 0.717) is 12.1 Å². The fraction of sp³-hybridized carbons (Fsp3) is 1.00. The quantitative estimate of drug-likeness (QED) is 0.644. The minimum atomic E-state index is 0.343. The van der Waals surface area contributed by atoms with E-state index < -0.39 is 0 Å². The van der Waals surface area contributed by atoms with E-state index in [0.717, 1.165) is 13.2 Å². The minimum absolute atomic E-state index is 0.343. The molecule has 60 valence electrons. The average molecular weight is 143 g/mol. The standard InChI is InChI=1S/C8H17NO/c1-3-7(4-2)8-9-5-6-10-8/h7-9H,3-6H2,1-2H3. The van der Waals surface area contributed by atoms with Crippen molar-refractivity contribution in [3.8, 4) is 0 Å². The van der Waals surface area contributed by atoms with Crippen molar-refractivity contribution in [2.45, 2.75) is 32.9 Å². The summed E-state index contributed by atoms with van der Waals surface area (Å²) in [4.78, 5) is 0. The molecule has 1 N–H and O–H groups in total. The van der Waals surface area contributed by atoms with Crippen LogP contribution in [0.15, 0.2) is 0 Å². The maximum Gasteiger partial charge on any atom is 0.111 e. The Kier molecular flexibility index (Phi) is 3.16. The molecule has 0 bridgehead atoms. The van der Waals surface area contributed by atoms with Crippen LogP contribution in [0.2, 0.25) is 0 Å². The topological polar surface area (TPSA) is 21.3 Å². The van der Waals surface area contributed by atoms with Crippen LogP contribution >= 0.6 is 0 Å². The molecule has 0 spiro atoms. The lowest BCUT2D eigenvalue weighted by atomic mass is 10.0. The molecule has 0 amide bonds. The Morgan fingerprint density at radius 2 is 2.20 bits per heavy atom. The van der Waals surface area contributed by atoms with Crippen molar-refractivity contribution in [3.63, 3.8) is 0 Å². The third kappa shape index (κ3) is 1.70. The Hall–Kier alpha value is -0.0800. The van der Waals surface area contributed by atoms with Gasteiger partial charge in [0.15, 0.2) is 0 Å². The second-order valence-electron chi connectivity index (χ2n) is 2.82. The van der Waals surface area contributed by atoms with Crippen LogP contribution in [0.1, 0.15) is 26.7 Å². The van der Waals surface area contributed by atoms with Crippen molar-refractivity contribution in [2.75, 3.05) is 13.2 Å². The second kappa shape index (κ2) is 3.94. The van der Waals surface area contributed by atoms with Crippen molar-refractivity contribution in [3.05, 3.63) is 0 Å². The van der Waals surface area contributed by atoms with Gasteiger partial charge < -0.3 is 4.74 Å². The van der Waals surface area contributed by atoms with E-state index in [9.17, 15) is 0 Å². The Balaban J connectivity index is 2.29. The van der Waals surface area contributed by atoms with Gasteiger partial charge in [0.2, 0.25) is 0 Å². The highest BCUT2D eigenvalue weighted by molar-refractivity contribution is 4.70. The lowest BCUT2D eigenvalue weighted by Gasteiger charge is -2.19. The molecular formula is C8H17NO. The summed E-state index contributed by atoms with van der Waals surface area (Å²) in [5, 5.41) is 3.34. The summed E-state index contributed by atoms with van der Waals surface area (Å²) in [5.41, 5.74) is 0. The van der Waals surface area contributed by atoms with Gasteiger partial charge in [-0.05, 0) is 18.8 Å². The molecule has 1 fully saturated rings. The number of hydrogen-bond donors (Lipinski definition) is 1. The van der Waals surface area contributed by atoms with Crippen LogP contribution in [-0.2, 0) is 4.74 Å². The molecule has 2 nitrogen and oxygen atoms in total. The molecule has 0 aromatic heterocycles. The van der Waals surface area contributed by atoms with Gasteiger partial charge in [0, 0.05) is 6.54 Å². The van der Waals surface area contributed by atoms with Crippen molar-refractivity contribution in [1.29, 1.82) is 0 Å². The molecular weight excluding hydrogens is 126 g/mol. The van der Waals surface area contributed by atoms with Crippen LogP contribution in [0.25, 0.3) is 0 Å². The monoisotopic (exact) mass is 143 g/mol. The van der Waals surface area contributed by atoms with E-state index in [4.69, 9.17) is 4.74 Å². The normalized spacial score (nSPS) is 26.1. The zero-order chi connectivity index (χ0) is 7.40. The molecule has 0 saturated carbocycles. The predicted molar refractivity (Wildman–Crippen MR) is 41.8 cm³/mol. The van der Waals surface area contributed by atoms with Gasteiger partial charge in [-0.3, -0.25) is 5.32 Å². The first-order valence-electron chi connectivity index (χ1n) is 4.23. The average Bonchev–Trinajstić information content (AvgIpc) is 2.43. The van der Waals surface area contributed by atoms with Crippen LogP contribution in [0.5, 0.6) is 0 Å². The molecule has 1 aliphatic heterocycles. The highest BCUT2D eigenvalue weighted by Gasteiger charge is 2.21. The predicted octanol–water partition coefficient (Wildman–Crippen LogP) is 1.37. The van der Waals surface area contributed by atoms with Gasteiger partial charge in [-0.2, -0.15) is 0 Å². The molecule has 1 rings (SSSR count). The molecule has 0 radical (unpaired) electrons. The fourth-order valence-electron chi connectivity index (χ4n) is 1.47. The van der Waals surface area contributed by atoms with Gasteiger partial charge in [0.1, 0.15) is 6.23 Å². The van der Waals surface area contributed by atoms with E-state index in [1.165, 1.54) is 12.8 Å². The van der Waals surface area contributed by atoms with Gasteiger partial charge in [-0.1, -0.05) is 13.8 Å². The van der Waals surface area contributed by atoms with Crippen LogP contribution in [-0.4, -0.2) is 19.4 Å². The molecule has 1 aliphatic rings.